The van der Waals surface area contributed by atoms with Crippen LogP contribution in [0.25, 0.3) is 0 Å². The SMILES string of the molecule is CC1(C)CCC2(C#N)CCC3C(C(=O)C=C4C5(C)C=C(C#N)C(=O)C(C)(C)C5CCC43C)C2C1. The minimum absolute atomic E-state index is 0.0670. The Morgan fingerprint density at radius 1 is 0.912 bits per heavy atom. The highest BCUT2D eigenvalue weighted by molar-refractivity contribution is 6.04. The molecular formula is C30H38N2O2. The molecule has 5 aliphatic carbocycles. The number of allylic oxidation sites excluding steroid dienone is 4. The molecular weight excluding hydrogens is 420 g/mol. The van der Waals surface area contributed by atoms with Crippen LogP contribution in [0.4, 0.5) is 0 Å². The third-order valence-electron chi connectivity index (χ3n) is 11.3. The zero-order valence-electron chi connectivity index (χ0n) is 21.6. The van der Waals surface area contributed by atoms with Gasteiger partial charge >= 0.3 is 0 Å². The van der Waals surface area contributed by atoms with E-state index in [9.17, 15) is 20.1 Å². The average molecular weight is 459 g/mol. The molecule has 0 aromatic heterocycles. The minimum atomic E-state index is -0.632. The van der Waals surface area contributed by atoms with E-state index in [-0.39, 0.29) is 57.1 Å². The molecule has 0 saturated heterocycles. The summed E-state index contributed by atoms with van der Waals surface area (Å²) in [7, 11) is 0. The molecule has 0 aromatic carbocycles. The molecule has 0 radical (unpaired) electrons. The molecule has 0 bridgehead atoms. The quantitative estimate of drug-likeness (QED) is 0.424. The van der Waals surface area contributed by atoms with Gasteiger partial charge < -0.3 is 0 Å². The molecule has 5 rings (SSSR count). The molecule has 4 heteroatoms. The van der Waals surface area contributed by atoms with Crippen molar-refractivity contribution in [3.8, 4) is 12.1 Å². The second kappa shape index (κ2) is 6.94. The normalized spacial score (nSPS) is 46.4. The van der Waals surface area contributed by atoms with Gasteiger partial charge in [0.15, 0.2) is 11.6 Å². The van der Waals surface area contributed by atoms with Gasteiger partial charge in [0.25, 0.3) is 0 Å². The Labute approximate surface area is 204 Å². The van der Waals surface area contributed by atoms with Crippen molar-refractivity contribution in [2.24, 2.45) is 50.7 Å². The van der Waals surface area contributed by atoms with Gasteiger partial charge in [-0.05, 0) is 79.6 Å². The maximum Gasteiger partial charge on any atom is 0.178 e. The summed E-state index contributed by atoms with van der Waals surface area (Å²) in [5, 5.41) is 20.1. The maximum atomic E-state index is 14.0. The van der Waals surface area contributed by atoms with Gasteiger partial charge in [-0.1, -0.05) is 53.2 Å². The summed E-state index contributed by atoms with van der Waals surface area (Å²) in [6.45, 7) is 13.0. The van der Waals surface area contributed by atoms with Crippen LogP contribution in [0.1, 0.15) is 86.5 Å². The third-order valence-corrected chi connectivity index (χ3v) is 11.3. The summed E-state index contributed by atoms with van der Waals surface area (Å²) in [6.07, 6.45) is 10.4. The standard InChI is InChI=1S/C30H38N2O2/c1-26(2)11-12-30(17-32)10-7-19-24(20(30)15-26)21(33)13-23-28(19,5)9-8-22-27(3,4)25(34)18(16-31)14-29(22,23)6/h13-14,19-20,22,24H,7-12,15H2,1-6H3. The number of hydrogen-bond donors (Lipinski definition) is 0. The van der Waals surface area contributed by atoms with E-state index in [1.807, 2.05) is 26.0 Å². The van der Waals surface area contributed by atoms with Crippen molar-refractivity contribution in [2.45, 2.75) is 86.5 Å². The van der Waals surface area contributed by atoms with E-state index in [1.54, 1.807) is 0 Å². The molecule has 0 N–H and O–H groups in total. The number of carbonyl (C=O) groups excluding carboxylic acids is 2. The number of carbonyl (C=O) groups is 2. The molecule has 0 aromatic rings. The molecule has 0 heterocycles. The topological polar surface area (TPSA) is 81.7 Å². The van der Waals surface area contributed by atoms with Crippen LogP contribution >= 0.6 is 0 Å². The van der Waals surface area contributed by atoms with Crippen LogP contribution in [0.2, 0.25) is 0 Å². The zero-order valence-corrected chi connectivity index (χ0v) is 21.6. The van der Waals surface area contributed by atoms with Crippen LogP contribution in [-0.4, -0.2) is 11.6 Å². The van der Waals surface area contributed by atoms with Gasteiger partial charge in [0.05, 0.1) is 17.1 Å². The Hall–Kier alpha value is -2.20. The highest BCUT2D eigenvalue weighted by Crippen LogP contribution is 2.70. The molecule has 3 saturated carbocycles. The van der Waals surface area contributed by atoms with E-state index in [4.69, 9.17) is 0 Å². The Balaban J connectivity index is 1.66. The van der Waals surface area contributed by atoms with Crippen LogP contribution in [0.15, 0.2) is 23.3 Å². The highest BCUT2D eigenvalue weighted by atomic mass is 16.1. The van der Waals surface area contributed by atoms with Crippen LogP contribution in [0.3, 0.4) is 0 Å². The fourth-order valence-electron chi connectivity index (χ4n) is 9.47. The van der Waals surface area contributed by atoms with E-state index < -0.39 is 10.8 Å². The number of rotatable bonds is 0. The van der Waals surface area contributed by atoms with Gasteiger partial charge in [-0.2, -0.15) is 10.5 Å². The lowest BCUT2D eigenvalue weighted by Crippen LogP contribution is -2.60. The molecule has 0 amide bonds. The predicted molar refractivity (Wildman–Crippen MR) is 130 cm³/mol. The van der Waals surface area contributed by atoms with Crippen LogP contribution in [0, 0.1) is 73.4 Å². The van der Waals surface area contributed by atoms with E-state index in [0.717, 1.165) is 50.5 Å². The Kier molecular flexibility index (Phi) is 4.80. The van der Waals surface area contributed by atoms with Crippen molar-refractivity contribution in [1.82, 2.24) is 0 Å². The predicted octanol–water partition coefficient (Wildman–Crippen LogP) is 6.34. The monoisotopic (exact) mass is 458 g/mol. The number of Topliss-reactive ketones (excluding diaryl/α,β-unsaturated/α-hetero) is 1. The first kappa shape index (κ1) is 23.5. The van der Waals surface area contributed by atoms with Gasteiger partial charge in [0, 0.05) is 16.7 Å². The molecule has 7 atom stereocenters. The number of nitrogens with zero attached hydrogens (tertiary/aromatic N) is 2. The zero-order chi connectivity index (χ0) is 24.9. The van der Waals surface area contributed by atoms with Crippen molar-refractivity contribution in [1.29, 1.82) is 10.5 Å². The summed E-state index contributed by atoms with van der Waals surface area (Å²) >= 11 is 0. The van der Waals surface area contributed by atoms with Gasteiger partial charge in [-0.15, -0.1) is 0 Å². The first-order valence-corrected chi connectivity index (χ1v) is 13.1. The first-order chi connectivity index (χ1) is 15.8. The molecule has 5 aliphatic rings. The van der Waals surface area contributed by atoms with Gasteiger partial charge in [-0.25, -0.2) is 0 Å². The lowest BCUT2D eigenvalue weighted by atomic mass is 9.38. The summed E-state index contributed by atoms with van der Waals surface area (Å²) in [4.78, 5) is 27.1. The van der Waals surface area contributed by atoms with Gasteiger partial charge in [0.1, 0.15) is 6.07 Å². The number of nitriles is 2. The fraction of sp³-hybridized carbons (Fsp3) is 0.733. The van der Waals surface area contributed by atoms with E-state index >= 15 is 0 Å². The maximum absolute atomic E-state index is 14.0. The fourth-order valence-corrected chi connectivity index (χ4v) is 9.47. The summed E-state index contributed by atoms with van der Waals surface area (Å²) in [5.74, 6) is 0.425. The molecule has 3 fully saturated rings. The van der Waals surface area contributed by atoms with Crippen LogP contribution in [-0.2, 0) is 9.59 Å². The van der Waals surface area contributed by atoms with Crippen molar-refractivity contribution in [3.63, 3.8) is 0 Å². The lowest BCUT2D eigenvalue weighted by molar-refractivity contribution is -0.142. The summed E-state index contributed by atoms with van der Waals surface area (Å²) in [5.41, 5.74) is -0.110. The molecule has 7 unspecified atom stereocenters. The largest absolute Gasteiger partial charge is 0.295 e. The van der Waals surface area contributed by atoms with E-state index in [0.29, 0.717) is 0 Å². The van der Waals surface area contributed by atoms with Crippen molar-refractivity contribution < 1.29 is 9.59 Å². The second-order valence-electron chi connectivity index (χ2n) is 13.9. The Morgan fingerprint density at radius 3 is 2.26 bits per heavy atom. The minimum Gasteiger partial charge on any atom is -0.295 e. The number of fused-ring (bicyclic) bond motifs is 7. The molecule has 180 valence electrons. The van der Waals surface area contributed by atoms with E-state index in [1.165, 1.54) is 0 Å². The van der Waals surface area contributed by atoms with E-state index in [2.05, 4.69) is 39.8 Å². The molecule has 0 aliphatic heterocycles. The molecule has 34 heavy (non-hydrogen) atoms. The number of hydrogen-bond acceptors (Lipinski definition) is 4. The Bertz CT molecular complexity index is 1130. The Morgan fingerprint density at radius 2 is 1.62 bits per heavy atom. The van der Waals surface area contributed by atoms with Crippen molar-refractivity contribution >= 4 is 11.6 Å². The van der Waals surface area contributed by atoms with Crippen molar-refractivity contribution in [3.05, 3.63) is 23.3 Å². The van der Waals surface area contributed by atoms with Crippen LogP contribution in [0.5, 0.6) is 0 Å². The highest BCUT2D eigenvalue weighted by Gasteiger charge is 2.65. The molecule has 0 spiro atoms. The second-order valence-corrected chi connectivity index (χ2v) is 13.9. The van der Waals surface area contributed by atoms with Gasteiger partial charge in [-0.3, -0.25) is 9.59 Å². The third kappa shape index (κ3) is 2.81. The summed E-state index contributed by atoms with van der Waals surface area (Å²) < 4.78 is 0. The van der Waals surface area contributed by atoms with Crippen LogP contribution < -0.4 is 0 Å². The summed E-state index contributed by atoms with van der Waals surface area (Å²) in [6, 6.07) is 4.89. The lowest BCUT2D eigenvalue weighted by Gasteiger charge is -2.64. The average Bonchev–Trinajstić information content (AvgIpc) is 2.77. The number of ketones is 2. The van der Waals surface area contributed by atoms with Crippen molar-refractivity contribution in [2.75, 3.05) is 0 Å². The van der Waals surface area contributed by atoms with Gasteiger partial charge in [0.2, 0.25) is 0 Å². The first-order valence-electron chi connectivity index (χ1n) is 13.1. The molecule has 4 nitrogen and oxygen atoms in total. The smallest absolute Gasteiger partial charge is 0.178 e.